The molecule has 0 saturated heterocycles. The van der Waals surface area contributed by atoms with Crippen molar-refractivity contribution in [1.82, 2.24) is 9.97 Å². The number of fused-ring (bicyclic) bond motifs is 5. The minimum atomic E-state index is 0.676. The number of hydrogen-bond acceptors (Lipinski definition) is 4. The topological polar surface area (TPSA) is 59.9 Å². The molecule has 0 unspecified atom stereocenters. The summed E-state index contributed by atoms with van der Waals surface area (Å²) in [6.45, 7) is 0. The Morgan fingerprint density at radius 1 is 0.654 bits per heavy atom. The van der Waals surface area contributed by atoms with Crippen molar-refractivity contribution in [3.8, 4) is 11.4 Å². The summed E-state index contributed by atoms with van der Waals surface area (Å²) in [6.07, 6.45) is 3.18. The van der Waals surface area contributed by atoms with Gasteiger partial charge in [-0.1, -0.05) is 36.4 Å². The van der Waals surface area contributed by atoms with Gasteiger partial charge in [0.15, 0.2) is 12.6 Å². The Balaban J connectivity index is 1.93. The molecule has 4 nitrogen and oxygen atoms in total. The van der Waals surface area contributed by atoms with Gasteiger partial charge >= 0.3 is 0 Å². The van der Waals surface area contributed by atoms with E-state index in [1.165, 1.54) is 0 Å². The first kappa shape index (κ1) is 14.9. The second-order valence-corrected chi connectivity index (χ2v) is 6.48. The van der Waals surface area contributed by atoms with Crippen LogP contribution in [0.1, 0.15) is 31.8 Å². The normalized spacial score (nSPS) is 12.6. The predicted molar refractivity (Wildman–Crippen MR) is 101 cm³/mol. The molecule has 124 valence electrons. The Morgan fingerprint density at radius 2 is 1.08 bits per heavy atom. The molecule has 2 heterocycles. The quantitative estimate of drug-likeness (QED) is 0.515. The summed E-state index contributed by atoms with van der Waals surface area (Å²) in [5.41, 5.74) is 6.18. The van der Waals surface area contributed by atoms with Gasteiger partial charge < -0.3 is 0 Å². The third kappa shape index (κ3) is 1.96. The van der Waals surface area contributed by atoms with E-state index < -0.39 is 0 Å². The highest BCUT2D eigenvalue weighted by Crippen LogP contribution is 2.38. The maximum atomic E-state index is 11.8. The number of nitrogens with zero attached hydrogens (tertiary/aromatic N) is 2. The van der Waals surface area contributed by atoms with Crippen molar-refractivity contribution in [3.05, 3.63) is 70.8 Å². The summed E-state index contributed by atoms with van der Waals surface area (Å²) in [4.78, 5) is 33.3. The average molecular weight is 338 g/mol. The molecule has 4 heteroatoms. The van der Waals surface area contributed by atoms with Crippen LogP contribution in [0.25, 0.3) is 33.2 Å². The van der Waals surface area contributed by atoms with Crippen molar-refractivity contribution < 1.29 is 9.59 Å². The Labute approximate surface area is 149 Å². The molecule has 0 bridgehead atoms. The lowest BCUT2D eigenvalue weighted by Gasteiger charge is -2.22. The first-order valence-electron chi connectivity index (χ1n) is 8.55. The third-order valence-corrected chi connectivity index (χ3v) is 5.16. The summed E-state index contributed by atoms with van der Waals surface area (Å²) in [6, 6.07) is 15.3. The minimum Gasteiger partial charge on any atom is -0.298 e. The van der Waals surface area contributed by atoms with Gasteiger partial charge in [-0.15, -0.1) is 0 Å². The molecule has 2 aromatic carbocycles. The van der Waals surface area contributed by atoms with Crippen LogP contribution in [-0.4, -0.2) is 22.5 Å². The number of pyridine rings is 2. The number of rotatable bonds is 2. The van der Waals surface area contributed by atoms with Crippen LogP contribution in [0.2, 0.25) is 0 Å². The molecule has 0 radical (unpaired) electrons. The van der Waals surface area contributed by atoms with Gasteiger partial charge in [-0.2, -0.15) is 0 Å². The van der Waals surface area contributed by atoms with E-state index in [0.717, 1.165) is 56.9 Å². The zero-order valence-corrected chi connectivity index (χ0v) is 13.9. The fourth-order valence-electron chi connectivity index (χ4n) is 3.97. The van der Waals surface area contributed by atoms with Gasteiger partial charge in [0.2, 0.25) is 0 Å². The van der Waals surface area contributed by atoms with Crippen LogP contribution >= 0.6 is 0 Å². The molecule has 0 spiro atoms. The largest absolute Gasteiger partial charge is 0.298 e. The van der Waals surface area contributed by atoms with E-state index >= 15 is 0 Å². The summed E-state index contributed by atoms with van der Waals surface area (Å²) in [5, 5.41) is 1.72. The van der Waals surface area contributed by atoms with Gasteiger partial charge in [-0.25, -0.2) is 9.97 Å². The van der Waals surface area contributed by atoms with Crippen LogP contribution < -0.4 is 0 Å². The van der Waals surface area contributed by atoms with Gasteiger partial charge in [0.1, 0.15) is 0 Å². The van der Waals surface area contributed by atoms with Crippen LogP contribution in [0, 0.1) is 0 Å². The van der Waals surface area contributed by atoms with E-state index in [-0.39, 0.29) is 0 Å². The van der Waals surface area contributed by atoms with Crippen molar-refractivity contribution in [3.63, 3.8) is 0 Å². The molecule has 0 amide bonds. The molecule has 0 fully saturated rings. The first-order valence-corrected chi connectivity index (χ1v) is 8.55. The highest BCUT2D eigenvalue weighted by molar-refractivity contribution is 6.03. The molecule has 26 heavy (non-hydrogen) atoms. The van der Waals surface area contributed by atoms with E-state index in [1.807, 2.05) is 48.5 Å². The molecular weight excluding hydrogens is 324 g/mol. The van der Waals surface area contributed by atoms with E-state index in [1.54, 1.807) is 0 Å². The van der Waals surface area contributed by atoms with Crippen molar-refractivity contribution in [2.45, 2.75) is 12.8 Å². The fraction of sp³-hybridized carbons (Fsp3) is 0.0909. The summed E-state index contributed by atoms with van der Waals surface area (Å²) in [5.74, 6) is 0. The molecule has 0 saturated carbocycles. The lowest BCUT2D eigenvalue weighted by Crippen LogP contribution is -2.13. The van der Waals surface area contributed by atoms with E-state index in [9.17, 15) is 9.59 Å². The molecule has 1 aliphatic rings. The highest BCUT2D eigenvalue weighted by Gasteiger charge is 2.26. The smallest absolute Gasteiger partial charge is 0.151 e. The molecule has 0 aliphatic heterocycles. The minimum absolute atomic E-state index is 0.676. The maximum Gasteiger partial charge on any atom is 0.151 e. The first-order chi connectivity index (χ1) is 12.8. The highest BCUT2D eigenvalue weighted by atomic mass is 16.1. The van der Waals surface area contributed by atoms with Crippen molar-refractivity contribution in [1.29, 1.82) is 0 Å². The second kappa shape index (κ2) is 5.56. The van der Waals surface area contributed by atoms with Crippen LogP contribution in [0.4, 0.5) is 0 Å². The van der Waals surface area contributed by atoms with Gasteiger partial charge in [-0.05, 0) is 36.1 Å². The molecule has 5 rings (SSSR count). The lowest BCUT2D eigenvalue weighted by atomic mass is 9.85. The van der Waals surface area contributed by atoms with Gasteiger partial charge in [0.05, 0.1) is 22.4 Å². The van der Waals surface area contributed by atoms with Crippen LogP contribution in [0.3, 0.4) is 0 Å². The standard InChI is InChI=1S/C22H14N2O2/c25-11-17-13-5-1-3-7-19(13)23-21-15(17)9-10-16-18(12-26)14-6-2-4-8-20(14)24-22(16)21/h1-8,11-12H,9-10H2. The van der Waals surface area contributed by atoms with Crippen LogP contribution in [0.15, 0.2) is 48.5 Å². The summed E-state index contributed by atoms with van der Waals surface area (Å²) < 4.78 is 0. The molecule has 0 atom stereocenters. The zero-order chi connectivity index (χ0) is 17.7. The Hall–Kier alpha value is -3.40. The van der Waals surface area contributed by atoms with Gasteiger partial charge in [-0.3, -0.25) is 9.59 Å². The molecular formula is C22H14N2O2. The number of hydrogen-bond donors (Lipinski definition) is 0. The Kier molecular flexibility index (Phi) is 3.19. The van der Waals surface area contributed by atoms with E-state index in [0.29, 0.717) is 24.0 Å². The second-order valence-electron chi connectivity index (χ2n) is 6.48. The molecule has 0 N–H and O–H groups in total. The lowest BCUT2D eigenvalue weighted by molar-refractivity contribution is 0.111. The van der Waals surface area contributed by atoms with Crippen molar-refractivity contribution in [2.75, 3.05) is 0 Å². The Morgan fingerprint density at radius 3 is 1.50 bits per heavy atom. The predicted octanol–water partition coefficient (Wildman–Crippen LogP) is 4.17. The molecule has 4 aromatic rings. The number of aldehydes is 2. The zero-order valence-electron chi connectivity index (χ0n) is 13.9. The maximum absolute atomic E-state index is 11.8. The summed E-state index contributed by atoms with van der Waals surface area (Å²) >= 11 is 0. The average Bonchev–Trinajstić information content (AvgIpc) is 2.70. The summed E-state index contributed by atoms with van der Waals surface area (Å²) in [7, 11) is 0. The van der Waals surface area contributed by atoms with Crippen molar-refractivity contribution in [2.24, 2.45) is 0 Å². The number of carbonyl (C=O) groups excluding carboxylic acids is 2. The van der Waals surface area contributed by atoms with Gasteiger partial charge in [0.25, 0.3) is 0 Å². The number of carbonyl (C=O) groups is 2. The van der Waals surface area contributed by atoms with Crippen LogP contribution in [-0.2, 0) is 12.8 Å². The number of benzene rings is 2. The molecule has 2 aromatic heterocycles. The SMILES string of the molecule is O=Cc1c2c(nc3ccccc13)-c1nc3ccccc3c(C=O)c1CC2. The molecule has 1 aliphatic carbocycles. The monoisotopic (exact) mass is 338 g/mol. The van der Waals surface area contributed by atoms with Crippen LogP contribution in [0.5, 0.6) is 0 Å². The Bertz CT molecular complexity index is 1130. The number of para-hydroxylation sites is 2. The van der Waals surface area contributed by atoms with E-state index in [2.05, 4.69) is 0 Å². The third-order valence-electron chi connectivity index (χ3n) is 5.16. The number of aromatic nitrogens is 2. The van der Waals surface area contributed by atoms with Crippen molar-refractivity contribution >= 4 is 34.4 Å². The van der Waals surface area contributed by atoms with Gasteiger partial charge in [0, 0.05) is 21.9 Å². The van der Waals surface area contributed by atoms with E-state index in [4.69, 9.17) is 9.97 Å². The fourth-order valence-corrected chi connectivity index (χ4v) is 3.97.